The maximum Gasteiger partial charge on any atom is 0.294 e. The van der Waals surface area contributed by atoms with Gasteiger partial charge in [0.15, 0.2) is 0 Å². The summed E-state index contributed by atoms with van der Waals surface area (Å²) >= 11 is 0. The van der Waals surface area contributed by atoms with Gasteiger partial charge in [-0.2, -0.15) is 8.42 Å². The molecule has 0 amide bonds. The van der Waals surface area contributed by atoms with Crippen molar-refractivity contribution in [3.8, 4) is 0 Å². The zero-order chi connectivity index (χ0) is 10.3. The Morgan fingerprint density at radius 2 is 2.08 bits per heavy atom. The molecule has 0 saturated heterocycles. The zero-order valence-electron chi connectivity index (χ0n) is 7.14. The summed E-state index contributed by atoms with van der Waals surface area (Å²) in [7, 11) is -4.15. The average molecular weight is 204 g/mol. The van der Waals surface area contributed by atoms with Crippen molar-refractivity contribution >= 4 is 10.1 Å². The summed E-state index contributed by atoms with van der Waals surface area (Å²) in [5, 5.41) is 0. The van der Waals surface area contributed by atoms with Gasteiger partial charge in [-0.05, 0) is 12.2 Å². The lowest BCUT2D eigenvalue weighted by molar-refractivity contribution is 0.429. The van der Waals surface area contributed by atoms with Gasteiger partial charge in [0.2, 0.25) is 0 Å². The van der Waals surface area contributed by atoms with E-state index >= 15 is 0 Å². The Hall–Kier alpha value is -0.690. The van der Waals surface area contributed by atoms with Crippen LogP contribution in [0.25, 0.3) is 0 Å². The molecule has 0 aromatic rings. The molecule has 0 radical (unpaired) electrons. The summed E-state index contributed by atoms with van der Waals surface area (Å²) in [4.78, 5) is -0.161. The Labute approximate surface area is 76.9 Å². The first kappa shape index (κ1) is 10.4. The fourth-order valence-corrected chi connectivity index (χ4v) is 1.61. The van der Waals surface area contributed by atoms with Gasteiger partial charge in [-0.25, -0.2) is 0 Å². The van der Waals surface area contributed by atoms with Crippen molar-refractivity contribution in [3.63, 3.8) is 0 Å². The topological polar surface area (TPSA) is 106 Å². The monoisotopic (exact) mass is 204 g/mol. The standard InChI is InChI=1S/C7H12N2O3S/c1-5-4-6(13(10,11)12)2-3-7(5,8)9/h2-5H,8-9H2,1H3,(H,10,11,12). The summed E-state index contributed by atoms with van der Waals surface area (Å²) in [6, 6.07) is 0. The summed E-state index contributed by atoms with van der Waals surface area (Å²) in [5.74, 6) is -0.338. The van der Waals surface area contributed by atoms with Gasteiger partial charge >= 0.3 is 0 Å². The smallest absolute Gasteiger partial charge is 0.294 e. The highest BCUT2D eigenvalue weighted by molar-refractivity contribution is 7.90. The highest BCUT2D eigenvalue weighted by Gasteiger charge is 2.28. The van der Waals surface area contributed by atoms with E-state index in [0.717, 1.165) is 0 Å². The molecular formula is C7H12N2O3S. The second kappa shape index (κ2) is 2.91. The molecule has 1 atom stereocenters. The Bertz CT molecular complexity index is 367. The van der Waals surface area contributed by atoms with E-state index in [2.05, 4.69) is 0 Å². The van der Waals surface area contributed by atoms with Crippen LogP contribution in [-0.2, 0) is 10.1 Å². The van der Waals surface area contributed by atoms with Crippen molar-refractivity contribution in [3.05, 3.63) is 23.1 Å². The minimum Gasteiger partial charge on any atom is -0.310 e. The van der Waals surface area contributed by atoms with Crippen LogP contribution in [0.5, 0.6) is 0 Å². The van der Waals surface area contributed by atoms with Crippen LogP contribution in [0.2, 0.25) is 0 Å². The normalized spacial score (nSPS) is 27.1. The molecule has 6 heteroatoms. The molecule has 0 aromatic carbocycles. The molecule has 1 unspecified atom stereocenters. The molecule has 0 aliphatic heterocycles. The van der Waals surface area contributed by atoms with Gasteiger partial charge < -0.3 is 11.5 Å². The number of rotatable bonds is 1. The Kier molecular flexibility index (Phi) is 2.33. The summed E-state index contributed by atoms with van der Waals surface area (Å²) in [6.45, 7) is 1.68. The number of nitrogens with two attached hydrogens (primary N) is 2. The zero-order valence-corrected chi connectivity index (χ0v) is 7.95. The van der Waals surface area contributed by atoms with E-state index in [4.69, 9.17) is 16.0 Å². The van der Waals surface area contributed by atoms with E-state index in [-0.39, 0.29) is 10.8 Å². The molecule has 74 valence electrons. The quantitative estimate of drug-likeness (QED) is 0.397. The van der Waals surface area contributed by atoms with Crippen LogP contribution < -0.4 is 11.5 Å². The molecule has 5 nitrogen and oxygen atoms in total. The summed E-state index contributed by atoms with van der Waals surface area (Å²) in [5.41, 5.74) is 10.1. The second-order valence-electron chi connectivity index (χ2n) is 3.17. The molecule has 0 fully saturated rings. The summed E-state index contributed by atoms with van der Waals surface area (Å²) < 4.78 is 30.1. The van der Waals surface area contributed by atoms with Crippen molar-refractivity contribution in [2.45, 2.75) is 12.6 Å². The molecule has 0 heterocycles. The van der Waals surface area contributed by atoms with Gasteiger partial charge in [-0.15, -0.1) is 0 Å². The van der Waals surface area contributed by atoms with Gasteiger partial charge in [0, 0.05) is 5.92 Å². The van der Waals surface area contributed by atoms with E-state index in [1.807, 2.05) is 0 Å². The van der Waals surface area contributed by atoms with E-state index < -0.39 is 15.8 Å². The third-order valence-corrected chi connectivity index (χ3v) is 2.90. The molecule has 0 saturated carbocycles. The van der Waals surface area contributed by atoms with Crippen molar-refractivity contribution < 1.29 is 13.0 Å². The van der Waals surface area contributed by atoms with Crippen molar-refractivity contribution in [1.82, 2.24) is 0 Å². The predicted octanol–water partition coefficient (Wildman–Crippen LogP) is -0.422. The molecule has 5 N–H and O–H groups in total. The third kappa shape index (κ3) is 2.16. The first-order chi connectivity index (χ1) is 5.73. The molecule has 0 bridgehead atoms. The Morgan fingerprint density at radius 1 is 1.54 bits per heavy atom. The van der Waals surface area contributed by atoms with Gasteiger partial charge in [-0.1, -0.05) is 13.0 Å². The molecule has 0 spiro atoms. The van der Waals surface area contributed by atoms with E-state index in [1.54, 1.807) is 6.92 Å². The van der Waals surface area contributed by atoms with Crippen LogP contribution in [0.4, 0.5) is 0 Å². The third-order valence-electron chi connectivity index (χ3n) is 2.04. The molecule has 1 aliphatic rings. The van der Waals surface area contributed by atoms with Gasteiger partial charge in [0.1, 0.15) is 0 Å². The number of allylic oxidation sites excluding steroid dienone is 1. The van der Waals surface area contributed by atoms with Gasteiger partial charge in [0.05, 0.1) is 10.6 Å². The van der Waals surface area contributed by atoms with E-state index in [1.165, 1.54) is 18.2 Å². The number of hydrogen-bond acceptors (Lipinski definition) is 4. The van der Waals surface area contributed by atoms with E-state index in [0.29, 0.717) is 0 Å². The van der Waals surface area contributed by atoms with Crippen molar-refractivity contribution in [1.29, 1.82) is 0 Å². The van der Waals surface area contributed by atoms with Crippen LogP contribution >= 0.6 is 0 Å². The van der Waals surface area contributed by atoms with Crippen LogP contribution in [-0.4, -0.2) is 18.6 Å². The van der Waals surface area contributed by atoms with Gasteiger partial charge in [-0.3, -0.25) is 4.55 Å². The fraction of sp³-hybridized carbons (Fsp3) is 0.429. The highest BCUT2D eigenvalue weighted by Crippen LogP contribution is 2.22. The molecule has 1 rings (SSSR count). The van der Waals surface area contributed by atoms with Crippen molar-refractivity contribution in [2.75, 3.05) is 0 Å². The lowest BCUT2D eigenvalue weighted by Crippen LogP contribution is -2.53. The molecule has 1 aliphatic carbocycles. The van der Waals surface area contributed by atoms with E-state index in [9.17, 15) is 8.42 Å². The molecule has 13 heavy (non-hydrogen) atoms. The van der Waals surface area contributed by atoms with Crippen LogP contribution in [0.3, 0.4) is 0 Å². The van der Waals surface area contributed by atoms with Crippen molar-refractivity contribution in [2.24, 2.45) is 17.4 Å². The van der Waals surface area contributed by atoms with Gasteiger partial charge in [0.25, 0.3) is 10.1 Å². The first-order valence-corrected chi connectivity index (χ1v) is 5.14. The lowest BCUT2D eigenvalue weighted by atomic mass is 9.92. The summed E-state index contributed by atoms with van der Waals surface area (Å²) in [6.07, 6.45) is 3.89. The highest BCUT2D eigenvalue weighted by atomic mass is 32.2. The Morgan fingerprint density at radius 3 is 2.46 bits per heavy atom. The minimum atomic E-state index is -4.15. The fourth-order valence-electron chi connectivity index (χ4n) is 0.997. The largest absolute Gasteiger partial charge is 0.310 e. The lowest BCUT2D eigenvalue weighted by Gasteiger charge is -2.28. The Balaban J connectivity index is 3.07. The maximum absolute atomic E-state index is 10.7. The molecule has 0 aromatic heterocycles. The maximum atomic E-state index is 10.7. The second-order valence-corrected chi connectivity index (χ2v) is 4.59. The SMILES string of the molecule is CC1C=C(S(=O)(=O)O)C=CC1(N)N. The predicted molar refractivity (Wildman–Crippen MR) is 49.0 cm³/mol. The minimum absolute atomic E-state index is 0.161. The van der Waals surface area contributed by atoms with Crippen LogP contribution in [0.15, 0.2) is 23.1 Å². The average Bonchev–Trinajstić information content (AvgIpc) is 1.92. The first-order valence-electron chi connectivity index (χ1n) is 3.70. The number of hydrogen-bond donors (Lipinski definition) is 3. The van der Waals surface area contributed by atoms with Crippen LogP contribution in [0.1, 0.15) is 6.92 Å². The van der Waals surface area contributed by atoms with Crippen LogP contribution in [0, 0.1) is 5.92 Å². The molecular weight excluding hydrogens is 192 g/mol.